The van der Waals surface area contributed by atoms with Crippen molar-refractivity contribution in [2.45, 2.75) is 20.0 Å². The first-order valence-corrected chi connectivity index (χ1v) is 12.8. The highest BCUT2D eigenvalue weighted by molar-refractivity contribution is 6.19. The number of hydrogen-bond donors (Lipinski definition) is 0. The number of rotatable bonds is 10. The van der Waals surface area contributed by atoms with Gasteiger partial charge in [-0.15, -0.1) is 0 Å². The van der Waals surface area contributed by atoms with Gasteiger partial charge in [-0.1, -0.05) is 30.3 Å². The van der Waals surface area contributed by atoms with Gasteiger partial charge in [0.2, 0.25) is 0 Å². The SMILES string of the molecule is COc1ccc(CCN2C(=O)C(C#N)=C(C)/C(=C\c3ccc(OCc4ccccc4F)c(OC)c3)C2=O)cc1OC. The van der Waals surface area contributed by atoms with Gasteiger partial charge in [-0.3, -0.25) is 14.5 Å². The van der Waals surface area contributed by atoms with Gasteiger partial charge < -0.3 is 18.9 Å². The highest BCUT2D eigenvalue weighted by atomic mass is 19.1. The van der Waals surface area contributed by atoms with Crippen LogP contribution in [-0.4, -0.2) is 44.6 Å². The largest absolute Gasteiger partial charge is 0.493 e. The molecule has 0 saturated carbocycles. The minimum absolute atomic E-state index is 0.00642. The number of imide groups is 1. The second kappa shape index (κ2) is 12.8. The van der Waals surface area contributed by atoms with Crippen molar-refractivity contribution in [3.05, 3.63) is 99.9 Å². The topological polar surface area (TPSA) is 98.1 Å². The molecular formula is C32H29FN2O6. The smallest absolute Gasteiger partial charge is 0.271 e. The molecule has 0 atom stereocenters. The van der Waals surface area contributed by atoms with E-state index in [4.69, 9.17) is 18.9 Å². The molecule has 0 aromatic heterocycles. The monoisotopic (exact) mass is 556 g/mol. The second-order valence-electron chi connectivity index (χ2n) is 9.16. The first-order valence-electron chi connectivity index (χ1n) is 12.8. The summed E-state index contributed by atoms with van der Waals surface area (Å²) in [5.41, 5.74) is 2.24. The van der Waals surface area contributed by atoms with E-state index in [1.807, 2.05) is 12.1 Å². The Hall–Kier alpha value is -5.10. The second-order valence-corrected chi connectivity index (χ2v) is 9.16. The van der Waals surface area contributed by atoms with Crippen LogP contribution in [-0.2, 0) is 22.6 Å². The predicted octanol–water partition coefficient (Wildman–Crippen LogP) is 5.27. The van der Waals surface area contributed by atoms with Crippen molar-refractivity contribution in [3.63, 3.8) is 0 Å². The third kappa shape index (κ3) is 6.23. The maximum absolute atomic E-state index is 14.0. The third-order valence-corrected chi connectivity index (χ3v) is 6.74. The fourth-order valence-electron chi connectivity index (χ4n) is 4.44. The van der Waals surface area contributed by atoms with Crippen molar-refractivity contribution in [2.75, 3.05) is 27.9 Å². The first-order chi connectivity index (χ1) is 19.8. The number of carbonyl (C=O) groups is 2. The number of halogens is 1. The molecule has 210 valence electrons. The number of hydrogen-bond acceptors (Lipinski definition) is 7. The van der Waals surface area contributed by atoms with Crippen molar-refractivity contribution in [3.8, 4) is 29.1 Å². The van der Waals surface area contributed by atoms with Gasteiger partial charge in [0.1, 0.15) is 24.1 Å². The van der Waals surface area contributed by atoms with Crippen molar-refractivity contribution in [1.29, 1.82) is 5.26 Å². The summed E-state index contributed by atoms with van der Waals surface area (Å²) in [5.74, 6) is 0.353. The van der Waals surface area contributed by atoms with E-state index in [0.29, 0.717) is 46.1 Å². The van der Waals surface area contributed by atoms with Gasteiger partial charge in [0.25, 0.3) is 11.8 Å². The van der Waals surface area contributed by atoms with Crippen LogP contribution in [0.15, 0.2) is 77.4 Å². The summed E-state index contributed by atoms with van der Waals surface area (Å²) in [6, 6.07) is 18.7. The molecule has 9 heteroatoms. The van der Waals surface area contributed by atoms with Gasteiger partial charge in [-0.05, 0) is 66.5 Å². The summed E-state index contributed by atoms with van der Waals surface area (Å²) in [6.07, 6.45) is 1.96. The lowest BCUT2D eigenvalue weighted by molar-refractivity contribution is -0.140. The van der Waals surface area contributed by atoms with Gasteiger partial charge in [0.05, 0.1) is 21.3 Å². The molecular weight excluding hydrogens is 527 g/mol. The Morgan fingerprint density at radius 1 is 0.878 bits per heavy atom. The molecule has 1 aliphatic heterocycles. The molecule has 0 unspecified atom stereocenters. The van der Waals surface area contributed by atoms with E-state index in [0.717, 1.165) is 10.5 Å². The Labute approximate surface area is 237 Å². The van der Waals surface area contributed by atoms with E-state index in [1.165, 1.54) is 27.4 Å². The molecule has 0 saturated heterocycles. The summed E-state index contributed by atoms with van der Waals surface area (Å²) >= 11 is 0. The zero-order valence-corrected chi connectivity index (χ0v) is 23.2. The third-order valence-electron chi connectivity index (χ3n) is 6.74. The minimum Gasteiger partial charge on any atom is -0.493 e. The van der Waals surface area contributed by atoms with Crippen LogP contribution in [0.5, 0.6) is 23.0 Å². The Balaban J connectivity index is 1.59. The normalized spacial score (nSPS) is 14.2. The Kier molecular flexibility index (Phi) is 9.05. The molecule has 0 bridgehead atoms. The van der Waals surface area contributed by atoms with Gasteiger partial charge in [0, 0.05) is 17.7 Å². The summed E-state index contributed by atoms with van der Waals surface area (Å²) in [6.45, 7) is 1.65. The van der Waals surface area contributed by atoms with Gasteiger partial charge >= 0.3 is 0 Å². The fraction of sp³-hybridized carbons (Fsp3) is 0.219. The van der Waals surface area contributed by atoms with Crippen LogP contribution in [0.4, 0.5) is 4.39 Å². The van der Waals surface area contributed by atoms with Crippen molar-refractivity contribution in [1.82, 2.24) is 4.90 Å². The molecule has 2 amide bonds. The molecule has 0 N–H and O–H groups in total. The summed E-state index contributed by atoms with van der Waals surface area (Å²) in [7, 11) is 4.54. The molecule has 3 aromatic rings. The average Bonchev–Trinajstić information content (AvgIpc) is 2.99. The number of methoxy groups -OCH3 is 3. The summed E-state index contributed by atoms with van der Waals surface area (Å²) in [5, 5.41) is 9.73. The van der Waals surface area contributed by atoms with E-state index in [2.05, 4.69) is 0 Å². The Bertz CT molecular complexity index is 1590. The highest BCUT2D eigenvalue weighted by Gasteiger charge is 2.35. The van der Waals surface area contributed by atoms with Gasteiger partial charge in [-0.2, -0.15) is 5.26 Å². The van der Waals surface area contributed by atoms with Crippen LogP contribution in [0.2, 0.25) is 0 Å². The van der Waals surface area contributed by atoms with Crippen LogP contribution >= 0.6 is 0 Å². The van der Waals surface area contributed by atoms with Gasteiger partial charge in [-0.25, -0.2) is 4.39 Å². The standard InChI is InChI=1S/C32H29FN2O6/c1-20-24(15-22-10-12-28(30(17-22)40-4)41-19-23-7-5-6-8-26(23)33)31(36)35(32(37)25(20)18-34)14-13-21-9-11-27(38-2)29(16-21)39-3/h5-12,15-17H,13-14,19H2,1-4H3/b24-15+. The van der Waals surface area contributed by atoms with E-state index in [1.54, 1.807) is 61.5 Å². The number of amides is 2. The molecule has 0 aliphatic carbocycles. The van der Waals surface area contributed by atoms with Crippen LogP contribution in [0, 0.1) is 17.1 Å². The van der Waals surface area contributed by atoms with Crippen LogP contribution in [0.3, 0.4) is 0 Å². The minimum atomic E-state index is -0.637. The lowest BCUT2D eigenvalue weighted by Crippen LogP contribution is -2.43. The first kappa shape index (κ1) is 28.9. The van der Waals surface area contributed by atoms with Crippen molar-refractivity contribution >= 4 is 17.9 Å². The quantitative estimate of drug-likeness (QED) is 0.248. The number of carbonyl (C=O) groups excluding carboxylic acids is 2. The Morgan fingerprint density at radius 2 is 1.56 bits per heavy atom. The zero-order chi connectivity index (χ0) is 29.5. The molecule has 0 fully saturated rings. The van der Waals surface area contributed by atoms with Crippen LogP contribution in [0.25, 0.3) is 6.08 Å². The van der Waals surface area contributed by atoms with Crippen molar-refractivity contribution in [2.24, 2.45) is 0 Å². The zero-order valence-electron chi connectivity index (χ0n) is 23.2. The maximum Gasteiger partial charge on any atom is 0.271 e. The molecule has 4 rings (SSSR count). The lowest BCUT2D eigenvalue weighted by atomic mass is 9.93. The Morgan fingerprint density at radius 3 is 2.24 bits per heavy atom. The molecule has 3 aromatic carbocycles. The lowest BCUT2D eigenvalue weighted by Gasteiger charge is -2.27. The maximum atomic E-state index is 14.0. The van der Waals surface area contributed by atoms with E-state index < -0.39 is 11.8 Å². The number of nitriles is 1. The van der Waals surface area contributed by atoms with E-state index in [-0.39, 0.29) is 30.1 Å². The molecule has 1 heterocycles. The molecule has 8 nitrogen and oxygen atoms in total. The van der Waals surface area contributed by atoms with Crippen LogP contribution in [0.1, 0.15) is 23.6 Å². The number of ether oxygens (including phenoxy) is 4. The molecule has 0 spiro atoms. The van der Waals surface area contributed by atoms with E-state index in [9.17, 15) is 19.2 Å². The average molecular weight is 557 g/mol. The molecule has 0 radical (unpaired) electrons. The van der Waals surface area contributed by atoms with Crippen molar-refractivity contribution < 1.29 is 32.9 Å². The number of benzene rings is 3. The predicted molar refractivity (Wildman–Crippen MR) is 150 cm³/mol. The highest BCUT2D eigenvalue weighted by Crippen LogP contribution is 2.33. The van der Waals surface area contributed by atoms with Gasteiger partial charge in [0.15, 0.2) is 23.0 Å². The molecule has 41 heavy (non-hydrogen) atoms. The van der Waals surface area contributed by atoms with Crippen LogP contribution < -0.4 is 18.9 Å². The summed E-state index contributed by atoms with van der Waals surface area (Å²) < 4.78 is 35.9. The van der Waals surface area contributed by atoms with E-state index >= 15 is 0 Å². The summed E-state index contributed by atoms with van der Waals surface area (Å²) in [4.78, 5) is 27.7. The molecule has 1 aliphatic rings. The fourth-order valence-corrected chi connectivity index (χ4v) is 4.44. The number of nitrogens with zero attached hydrogens (tertiary/aromatic N) is 2.